The largest absolute Gasteiger partial charge is 0.477 e. The molecular formula is C21H14F2N6O3. The van der Waals surface area contributed by atoms with Gasteiger partial charge in [-0.25, -0.2) is 23.4 Å². The van der Waals surface area contributed by atoms with Crippen molar-refractivity contribution in [2.24, 2.45) is 0 Å². The van der Waals surface area contributed by atoms with E-state index in [2.05, 4.69) is 25.4 Å². The average molecular weight is 436 g/mol. The van der Waals surface area contributed by atoms with E-state index in [1.165, 1.54) is 16.8 Å². The zero-order valence-electron chi connectivity index (χ0n) is 16.3. The highest BCUT2D eigenvalue weighted by atomic mass is 19.1. The van der Waals surface area contributed by atoms with Gasteiger partial charge in [0.2, 0.25) is 5.88 Å². The lowest BCUT2D eigenvalue weighted by Gasteiger charge is -2.26. The van der Waals surface area contributed by atoms with E-state index in [4.69, 9.17) is 4.74 Å². The van der Waals surface area contributed by atoms with E-state index in [0.717, 1.165) is 6.20 Å². The van der Waals surface area contributed by atoms with Crippen LogP contribution in [0.25, 0.3) is 22.6 Å². The van der Waals surface area contributed by atoms with Gasteiger partial charge in [0.1, 0.15) is 23.1 Å². The lowest BCUT2D eigenvalue weighted by molar-refractivity contribution is -0.136. The van der Waals surface area contributed by atoms with Crippen LogP contribution in [0, 0.1) is 11.6 Å². The lowest BCUT2D eigenvalue weighted by Crippen LogP contribution is -2.38. The van der Waals surface area contributed by atoms with Gasteiger partial charge in [0, 0.05) is 12.0 Å². The summed E-state index contributed by atoms with van der Waals surface area (Å²) in [5.41, 5.74) is -0.705. The average Bonchev–Trinajstić information content (AvgIpc) is 3.25. The highest BCUT2D eigenvalue weighted by Crippen LogP contribution is 2.46. The Bertz CT molecular complexity index is 1440. The molecule has 0 saturated heterocycles. The van der Waals surface area contributed by atoms with Gasteiger partial charge in [-0.3, -0.25) is 4.79 Å². The highest BCUT2D eigenvalue weighted by molar-refractivity contribution is 6.05. The number of amides is 1. The molecule has 160 valence electrons. The van der Waals surface area contributed by atoms with Crippen LogP contribution in [0.5, 0.6) is 5.88 Å². The monoisotopic (exact) mass is 436 g/mol. The highest BCUT2D eigenvalue weighted by Gasteiger charge is 2.51. The Kier molecular flexibility index (Phi) is 3.81. The Morgan fingerprint density at radius 1 is 1.25 bits per heavy atom. The zero-order chi connectivity index (χ0) is 22.0. The summed E-state index contributed by atoms with van der Waals surface area (Å²) >= 11 is 0. The first kappa shape index (κ1) is 18.8. The second-order valence-electron chi connectivity index (χ2n) is 7.61. The molecule has 11 heteroatoms. The van der Waals surface area contributed by atoms with E-state index < -0.39 is 23.1 Å². The minimum atomic E-state index is -1.75. The Labute approximate surface area is 178 Å². The SMILES string of the molecule is O=C1Nc2nc(-c3nn(Cc4ccccc4F)c4ncc(F)cc34)nc3c2[C@@]1(O)CCO3. The summed E-state index contributed by atoms with van der Waals surface area (Å²) in [5.74, 6) is -1.39. The summed E-state index contributed by atoms with van der Waals surface area (Å²) in [6, 6.07) is 7.48. The third-order valence-electron chi connectivity index (χ3n) is 5.64. The van der Waals surface area contributed by atoms with Crippen LogP contribution in [0.2, 0.25) is 0 Å². The van der Waals surface area contributed by atoms with E-state index in [1.807, 2.05) is 0 Å². The standard InChI is InChI=1S/C21H14F2N6O3/c22-11-7-12-15(28-29(18(12)24-8-11)9-10-3-1-2-4-13(10)23)17-25-16-14-19(26-17)32-6-5-21(14,31)20(30)27-16/h1-4,7-8,31H,5-6,9H2,(H,25,26,27,30)/t21-/m0/s1. The normalized spacial score (nSPS) is 19.0. The molecule has 4 aromatic rings. The van der Waals surface area contributed by atoms with Gasteiger partial charge in [0.05, 0.1) is 30.3 Å². The molecule has 0 spiro atoms. The number of pyridine rings is 1. The maximum absolute atomic E-state index is 14.2. The number of nitrogens with zero attached hydrogens (tertiary/aromatic N) is 5. The van der Waals surface area contributed by atoms with Crippen LogP contribution in [0.15, 0.2) is 36.5 Å². The molecule has 0 aliphatic carbocycles. The number of halogens is 2. The van der Waals surface area contributed by atoms with Crippen LogP contribution in [0.4, 0.5) is 14.6 Å². The number of benzene rings is 1. The summed E-state index contributed by atoms with van der Waals surface area (Å²) in [6.45, 7) is 0.137. The van der Waals surface area contributed by atoms with E-state index in [9.17, 15) is 18.7 Å². The van der Waals surface area contributed by atoms with Gasteiger partial charge in [0.25, 0.3) is 5.91 Å². The number of carbonyl (C=O) groups excluding carboxylic acids is 1. The van der Waals surface area contributed by atoms with Crippen LogP contribution in [-0.2, 0) is 16.9 Å². The Balaban J connectivity index is 1.54. The third-order valence-corrected chi connectivity index (χ3v) is 5.64. The molecule has 5 heterocycles. The van der Waals surface area contributed by atoms with E-state index in [1.54, 1.807) is 18.2 Å². The molecule has 2 aliphatic heterocycles. The van der Waals surface area contributed by atoms with Crippen molar-refractivity contribution >= 4 is 22.8 Å². The maximum Gasteiger partial charge on any atom is 0.262 e. The first-order valence-electron chi connectivity index (χ1n) is 9.79. The number of rotatable bonds is 3. The molecule has 0 fully saturated rings. The number of anilines is 1. The summed E-state index contributed by atoms with van der Waals surface area (Å²) in [5, 5.41) is 18.1. The number of nitrogens with one attached hydrogen (secondary N) is 1. The quantitative estimate of drug-likeness (QED) is 0.506. The molecule has 0 unspecified atom stereocenters. The van der Waals surface area contributed by atoms with Gasteiger partial charge in [-0.15, -0.1) is 0 Å². The zero-order valence-corrected chi connectivity index (χ0v) is 16.3. The lowest BCUT2D eigenvalue weighted by atomic mass is 9.92. The number of hydrogen-bond donors (Lipinski definition) is 2. The molecule has 3 aromatic heterocycles. The molecule has 2 N–H and O–H groups in total. The van der Waals surface area contributed by atoms with Gasteiger partial charge >= 0.3 is 0 Å². The molecule has 1 aromatic carbocycles. The molecule has 0 saturated carbocycles. The van der Waals surface area contributed by atoms with Crippen molar-refractivity contribution in [1.29, 1.82) is 0 Å². The minimum absolute atomic E-state index is 0.0482. The van der Waals surface area contributed by atoms with E-state index >= 15 is 0 Å². The fourth-order valence-electron chi connectivity index (χ4n) is 4.07. The van der Waals surface area contributed by atoms with Crippen LogP contribution >= 0.6 is 0 Å². The van der Waals surface area contributed by atoms with Crippen molar-refractivity contribution in [3.63, 3.8) is 0 Å². The molecule has 2 aliphatic rings. The third kappa shape index (κ3) is 2.61. The van der Waals surface area contributed by atoms with Crippen molar-refractivity contribution in [3.8, 4) is 17.4 Å². The van der Waals surface area contributed by atoms with Gasteiger partial charge in [-0.05, 0) is 12.1 Å². The van der Waals surface area contributed by atoms with Gasteiger partial charge in [-0.1, -0.05) is 18.2 Å². The van der Waals surface area contributed by atoms with Gasteiger partial charge in [-0.2, -0.15) is 10.1 Å². The molecule has 0 bridgehead atoms. The van der Waals surface area contributed by atoms with Gasteiger partial charge < -0.3 is 15.2 Å². The number of ether oxygens (including phenoxy) is 1. The number of aliphatic hydroxyl groups is 1. The Morgan fingerprint density at radius 2 is 2.09 bits per heavy atom. The number of fused-ring (bicyclic) bond motifs is 1. The predicted molar refractivity (Wildman–Crippen MR) is 107 cm³/mol. The van der Waals surface area contributed by atoms with Crippen LogP contribution < -0.4 is 10.1 Å². The predicted octanol–water partition coefficient (Wildman–Crippen LogP) is 2.14. The van der Waals surface area contributed by atoms with Crippen LogP contribution in [-0.4, -0.2) is 42.4 Å². The minimum Gasteiger partial charge on any atom is -0.477 e. The van der Waals surface area contributed by atoms with Crippen molar-refractivity contribution in [2.45, 2.75) is 18.6 Å². The van der Waals surface area contributed by atoms with Crippen LogP contribution in [0.3, 0.4) is 0 Å². The van der Waals surface area contributed by atoms with Crippen molar-refractivity contribution in [1.82, 2.24) is 24.7 Å². The topological polar surface area (TPSA) is 115 Å². The Morgan fingerprint density at radius 3 is 2.94 bits per heavy atom. The Hall–Kier alpha value is -3.99. The summed E-state index contributed by atoms with van der Waals surface area (Å²) in [6.07, 6.45) is 1.12. The molecule has 32 heavy (non-hydrogen) atoms. The second-order valence-corrected chi connectivity index (χ2v) is 7.61. The molecule has 1 amide bonds. The van der Waals surface area contributed by atoms with Crippen LogP contribution in [0.1, 0.15) is 17.5 Å². The van der Waals surface area contributed by atoms with Crippen molar-refractivity contribution in [3.05, 3.63) is 59.3 Å². The van der Waals surface area contributed by atoms with Crippen molar-refractivity contribution < 1.29 is 23.4 Å². The number of carbonyl (C=O) groups is 1. The first-order chi connectivity index (χ1) is 15.4. The molecule has 6 rings (SSSR count). The van der Waals surface area contributed by atoms with E-state index in [0.29, 0.717) is 16.6 Å². The molecule has 9 nitrogen and oxygen atoms in total. The summed E-state index contributed by atoms with van der Waals surface area (Å²) in [4.78, 5) is 25.1. The van der Waals surface area contributed by atoms with Gasteiger partial charge in [0.15, 0.2) is 17.1 Å². The fraction of sp³-hybridized carbons (Fsp3) is 0.190. The van der Waals surface area contributed by atoms with Crippen molar-refractivity contribution in [2.75, 3.05) is 11.9 Å². The smallest absolute Gasteiger partial charge is 0.262 e. The maximum atomic E-state index is 14.2. The summed E-state index contributed by atoms with van der Waals surface area (Å²) in [7, 11) is 0. The summed E-state index contributed by atoms with van der Waals surface area (Å²) < 4.78 is 35.3. The van der Waals surface area contributed by atoms with E-state index in [-0.39, 0.29) is 48.4 Å². The molecule has 1 atom stereocenters. The first-order valence-corrected chi connectivity index (χ1v) is 9.79. The number of aromatic nitrogens is 5. The molecule has 0 radical (unpaired) electrons. The second kappa shape index (κ2) is 6.50. The number of hydrogen-bond acceptors (Lipinski definition) is 7. The fourth-order valence-corrected chi connectivity index (χ4v) is 4.07. The molecular weight excluding hydrogens is 422 g/mol.